The van der Waals surface area contributed by atoms with Crippen molar-refractivity contribution in [3.8, 4) is 0 Å². The monoisotopic (exact) mass is 336 g/mol. The number of fused-ring (bicyclic) bond motifs is 2. The van der Waals surface area contributed by atoms with E-state index in [1.54, 1.807) is 0 Å². The third-order valence-corrected chi connectivity index (χ3v) is 6.35. The smallest absolute Gasteiger partial charge is 0.0879 e. The molecule has 1 aromatic rings. The van der Waals surface area contributed by atoms with Gasteiger partial charge in [-0.2, -0.15) is 0 Å². The Morgan fingerprint density at radius 1 is 1.05 bits per heavy atom. The average molecular weight is 337 g/mol. The highest BCUT2D eigenvalue weighted by atomic mass is 79.9. The normalized spacial score (nSPS) is 36.5. The molecule has 0 saturated heterocycles. The van der Waals surface area contributed by atoms with Gasteiger partial charge in [0.05, 0.1) is 11.7 Å². The van der Waals surface area contributed by atoms with E-state index in [0.717, 1.165) is 28.1 Å². The summed E-state index contributed by atoms with van der Waals surface area (Å²) < 4.78 is 7.69. The van der Waals surface area contributed by atoms with Gasteiger partial charge < -0.3 is 4.74 Å². The topological polar surface area (TPSA) is 9.23 Å². The molecule has 0 radical (unpaired) electrons. The van der Waals surface area contributed by atoms with Crippen LogP contribution in [0.3, 0.4) is 0 Å². The molecule has 20 heavy (non-hydrogen) atoms. The molecule has 5 atom stereocenters. The average Bonchev–Trinajstić information content (AvgIpc) is 2.90. The Hall–Kier alpha value is -0.340. The molecule has 0 aromatic heterocycles. The van der Waals surface area contributed by atoms with Crippen molar-refractivity contribution in [1.82, 2.24) is 0 Å². The SMILES string of the molecule is CC1C2CC(OC(C)(C)c3ccc(Br)cc3)C(C2)C1C. The maximum atomic E-state index is 6.56. The molecule has 3 rings (SSSR count). The molecule has 5 unspecified atom stereocenters. The molecule has 0 N–H and O–H groups in total. The van der Waals surface area contributed by atoms with Crippen LogP contribution in [0.1, 0.15) is 46.1 Å². The van der Waals surface area contributed by atoms with Gasteiger partial charge in [-0.1, -0.05) is 41.9 Å². The Labute approximate surface area is 131 Å². The Kier molecular flexibility index (Phi) is 3.75. The highest BCUT2D eigenvalue weighted by Crippen LogP contribution is 2.54. The fourth-order valence-electron chi connectivity index (χ4n) is 4.31. The molecule has 1 nitrogen and oxygen atoms in total. The minimum atomic E-state index is -0.196. The summed E-state index contributed by atoms with van der Waals surface area (Å²) in [4.78, 5) is 0. The summed E-state index contributed by atoms with van der Waals surface area (Å²) in [6.07, 6.45) is 3.09. The predicted octanol–water partition coefficient (Wildman–Crippen LogP) is 5.38. The van der Waals surface area contributed by atoms with E-state index in [-0.39, 0.29) is 5.60 Å². The minimum absolute atomic E-state index is 0.196. The molecule has 2 fully saturated rings. The molecular formula is C18H25BrO. The van der Waals surface area contributed by atoms with Gasteiger partial charge in [-0.25, -0.2) is 0 Å². The van der Waals surface area contributed by atoms with Crippen LogP contribution >= 0.6 is 15.9 Å². The lowest BCUT2D eigenvalue weighted by molar-refractivity contribution is -0.109. The number of halogens is 1. The molecule has 110 valence electrons. The molecule has 2 aliphatic carbocycles. The lowest BCUT2D eigenvalue weighted by Crippen LogP contribution is -2.36. The van der Waals surface area contributed by atoms with E-state index in [4.69, 9.17) is 4.74 Å². The van der Waals surface area contributed by atoms with E-state index in [0.29, 0.717) is 6.10 Å². The van der Waals surface area contributed by atoms with Crippen LogP contribution in [0.15, 0.2) is 28.7 Å². The Morgan fingerprint density at radius 2 is 1.70 bits per heavy atom. The van der Waals surface area contributed by atoms with Crippen LogP contribution in [-0.2, 0) is 10.3 Å². The van der Waals surface area contributed by atoms with E-state index in [1.807, 2.05) is 0 Å². The summed E-state index contributed by atoms with van der Waals surface area (Å²) in [5.74, 6) is 3.36. The van der Waals surface area contributed by atoms with Crippen molar-refractivity contribution in [3.05, 3.63) is 34.3 Å². The van der Waals surface area contributed by atoms with E-state index in [1.165, 1.54) is 18.4 Å². The third-order valence-electron chi connectivity index (χ3n) is 5.82. The quantitative estimate of drug-likeness (QED) is 0.719. The number of benzene rings is 1. The summed E-state index contributed by atoms with van der Waals surface area (Å²) in [5, 5.41) is 0. The van der Waals surface area contributed by atoms with Crippen LogP contribution in [0.25, 0.3) is 0 Å². The van der Waals surface area contributed by atoms with Crippen molar-refractivity contribution in [2.45, 2.75) is 52.2 Å². The molecule has 1 aromatic carbocycles. The zero-order valence-electron chi connectivity index (χ0n) is 12.9. The molecule has 0 amide bonds. The van der Waals surface area contributed by atoms with Crippen LogP contribution < -0.4 is 0 Å². The molecule has 0 heterocycles. The van der Waals surface area contributed by atoms with E-state index >= 15 is 0 Å². The van der Waals surface area contributed by atoms with Crippen LogP contribution in [0.4, 0.5) is 0 Å². The molecule has 0 aliphatic heterocycles. The molecule has 2 aliphatic rings. The summed E-state index contributed by atoms with van der Waals surface area (Å²) in [6.45, 7) is 9.25. The molecule has 2 heteroatoms. The van der Waals surface area contributed by atoms with E-state index < -0.39 is 0 Å². The van der Waals surface area contributed by atoms with Gasteiger partial charge in [0.1, 0.15) is 0 Å². The highest BCUT2D eigenvalue weighted by molar-refractivity contribution is 9.10. The van der Waals surface area contributed by atoms with Gasteiger partial charge in [0.15, 0.2) is 0 Å². The summed E-state index contributed by atoms with van der Waals surface area (Å²) in [7, 11) is 0. The maximum Gasteiger partial charge on any atom is 0.0879 e. The fraction of sp³-hybridized carbons (Fsp3) is 0.667. The van der Waals surface area contributed by atoms with Gasteiger partial charge in [0.2, 0.25) is 0 Å². The second kappa shape index (κ2) is 5.14. The summed E-state index contributed by atoms with van der Waals surface area (Å²) >= 11 is 3.50. The largest absolute Gasteiger partial charge is 0.367 e. The first-order valence-corrected chi connectivity index (χ1v) is 8.61. The van der Waals surface area contributed by atoms with Gasteiger partial charge in [-0.15, -0.1) is 0 Å². The van der Waals surface area contributed by atoms with Gasteiger partial charge >= 0.3 is 0 Å². The van der Waals surface area contributed by atoms with Crippen molar-refractivity contribution in [2.24, 2.45) is 23.7 Å². The second-order valence-corrected chi connectivity index (χ2v) is 8.20. The molecule has 2 saturated carbocycles. The molecule has 0 spiro atoms. The highest BCUT2D eigenvalue weighted by Gasteiger charge is 2.50. The Bertz CT molecular complexity index is 477. The van der Waals surface area contributed by atoms with Gasteiger partial charge in [-0.3, -0.25) is 0 Å². The maximum absolute atomic E-state index is 6.56. The van der Waals surface area contributed by atoms with Crippen LogP contribution in [0.2, 0.25) is 0 Å². The lowest BCUT2D eigenvalue weighted by Gasteiger charge is -2.37. The Balaban J connectivity index is 1.73. The first-order chi connectivity index (χ1) is 9.38. The fourth-order valence-corrected chi connectivity index (χ4v) is 4.57. The van der Waals surface area contributed by atoms with Crippen molar-refractivity contribution < 1.29 is 4.74 Å². The van der Waals surface area contributed by atoms with E-state index in [2.05, 4.69) is 67.9 Å². The number of hydrogen-bond acceptors (Lipinski definition) is 1. The first-order valence-electron chi connectivity index (χ1n) is 7.82. The lowest BCUT2D eigenvalue weighted by atomic mass is 9.80. The van der Waals surface area contributed by atoms with E-state index in [9.17, 15) is 0 Å². The minimum Gasteiger partial charge on any atom is -0.367 e. The van der Waals surface area contributed by atoms with Crippen molar-refractivity contribution in [2.75, 3.05) is 0 Å². The summed E-state index contributed by atoms with van der Waals surface area (Å²) in [6, 6.07) is 8.55. The third kappa shape index (κ3) is 2.46. The van der Waals surface area contributed by atoms with Gasteiger partial charge in [-0.05, 0) is 68.1 Å². The molecular weight excluding hydrogens is 312 g/mol. The molecule has 2 bridgehead atoms. The first kappa shape index (κ1) is 14.6. The summed E-state index contributed by atoms with van der Waals surface area (Å²) in [5.41, 5.74) is 1.07. The zero-order chi connectivity index (χ0) is 14.5. The second-order valence-electron chi connectivity index (χ2n) is 7.29. The number of ether oxygens (including phenoxy) is 1. The zero-order valence-corrected chi connectivity index (χ0v) is 14.5. The predicted molar refractivity (Wildman–Crippen MR) is 86.6 cm³/mol. The Morgan fingerprint density at radius 3 is 2.25 bits per heavy atom. The van der Waals surface area contributed by atoms with Crippen LogP contribution in [0, 0.1) is 23.7 Å². The number of rotatable bonds is 3. The standard InChI is InChI=1S/C18H25BrO/c1-11-12(2)16-9-13(11)10-17(16)20-18(3,4)14-5-7-15(19)8-6-14/h5-8,11-13,16-17H,9-10H2,1-4H3. The number of hydrogen-bond donors (Lipinski definition) is 0. The van der Waals surface area contributed by atoms with Crippen molar-refractivity contribution in [3.63, 3.8) is 0 Å². The van der Waals surface area contributed by atoms with Crippen LogP contribution in [0.5, 0.6) is 0 Å². The van der Waals surface area contributed by atoms with Crippen molar-refractivity contribution in [1.29, 1.82) is 0 Å². The van der Waals surface area contributed by atoms with Gasteiger partial charge in [0.25, 0.3) is 0 Å². The van der Waals surface area contributed by atoms with Crippen LogP contribution in [-0.4, -0.2) is 6.10 Å². The van der Waals surface area contributed by atoms with Crippen molar-refractivity contribution >= 4 is 15.9 Å². The van der Waals surface area contributed by atoms with Gasteiger partial charge in [0, 0.05) is 4.47 Å².